The van der Waals surface area contributed by atoms with Gasteiger partial charge in [-0.25, -0.2) is 4.79 Å². The van der Waals surface area contributed by atoms with Crippen LogP contribution in [0.3, 0.4) is 0 Å². The molecule has 0 amide bonds. The van der Waals surface area contributed by atoms with Crippen molar-refractivity contribution in [3.63, 3.8) is 0 Å². The molecular formula is C11H12O4. The van der Waals surface area contributed by atoms with Gasteiger partial charge < -0.3 is 14.6 Å². The summed E-state index contributed by atoms with van der Waals surface area (Å²) in [4.78, 5) is 10.6. The first-order valence-electron chi connectivity index (χ1n) is 4.43. The van der Waals surface area contributed by atoms with Crippen molar-refractivity contribution in [1.29, 1.82) is 0 Å². The molecule has 15 heavy (non-hydrogen) atoms. The number of rotatable bonds is 5. The first-order chi connectivity index (χ1) is 7.22. The average Bonchev–Trinajstić information content (AvgIpc) is 2.26. The molecule has 80 valence electrons. The molecule has 0 spiro atoms. The van der Waals surface area contributed by atoms with Gasteiger partial charge >= 0.3 is 5.97 Å². The molecule has 0 aromatic heterocycles. The van der Waals surface area contributed by atoms with E-state index in [1.807, 2.05) is 0 Å². The molecule has 0 fully saturated rings. The molecular weight excluding hydrogens is 196 g/mol. The van der Waals surface area contributed by atoms with Crippen LogP contribution in [-0.4, -0.2) is 24.3 Å². The van der Waals surface area contributed by atoms with Crippen molar-refractivity contribution in [2.24, 2.45) is 0 Å². The Kier molecular flexibility index (Phi) is 4.22. The van der Waals surface area contributed by atoms with E-state index >= 15 is 0 Å². The van der Waals surface area contributed by atoms with Crippen LogP contribution in [0.5, 0.6) is 11.5 Å². The van der Waals surface area contributed by atoms with E-state index in [1.165, 1.54) is 12.1 Å². The predicted molar refractivity (Wildman–Crippen MR) is 54.8 cm³/mol. The van der Waals surface area contributed by atoms with Crippen LogP contribution >= 0.6 is 0 Å². The third-order valence-corrected chi connectivity index (χ3v) is 1.60. The number of ether oxygens (including phenoxy) is 2. The molecule has 0 saturated heterocycles. The number of phenolic OH excluding ortho intramolecular Hbond substituents is 1. The van der Waals surface area contributed by atoms with Gasteiger partial charge in [0, 0.05) is 6.08 Å². The minimum absolute atomic E-state index is 0.172. The Balaban J connectivity index is 2.23. The Bertz CT molecular complexity index is 329. The smallest absolute Gasteiger partial charge is 0.330 e. The topological polar surface area (TPSA) is 55.8 Å². The number of esters is 1. The second-order valence-corrected chi connectivity index (χ2v) is 2.71. The summed E-state index contributed by atoms with van der Waals surface area (Å²) in [6, 6.07) is 6.30. The van der Waals surface area contributed by atoms with Crippen molar-refractivity contribution in [1.82, 2.24) is 0 Å². The van der Waals surface area contributed by atoms with Crippen LogP contribution in [0.1, 0.15) is 0 Å². The Morgan fingerprint density at radius 1 is 1.33 bits per heavy atom. The van der Waals surface area contributed by atoms with E-state index in [4.69, 9.17) is 14.6 Å². The molecule has 0 aliphatic carbocycles. The van der Waals surface area contributed by atoms with Crippen LogP contribution in [0.2, 0.25) is 0 Å². The van der Waals surface area contributed by atoms with Crippen molar-refractivity contribution in [2.45, 2.75) is 0 Å². The molecule has 0 unspecified atom stereocenters. The maximum absolute atomic E-state index is 10.6. The lowest BCUT2D eigenvalue weighted by Gasteiger charge is -2.05. The van der Waals surface area contributed by atoms with Gasteiger partial charge in [-0.05, 0) is 24.3 Å². The molecule has 1 aromatic carbocycles. The maximum atomic E-state index is 10.6. The van der Waals surface area contributed by atoms with Crippen molar-refractivity contribution in [3.05, 3.63) is 36.9 Å². The predicted octanol–water partition coefficient (Wildman–Crippen LogP) is 1.50. The van der Waals surface area contributed by atoms with E-state index in [2.05, 4.69) is 6.58 Å². The first kappa shape index (κ1) is 11.1. The van der Waals surface area contributed by atoms with Gasteiger partial charge in [-0.1, -0.05) is 6.58 Å². The summed E-state index contributed by atoms with van der Waals surface area (Å²) in [5, 5.41) is 9.00. The summed E-state index contributed by atoms with van der Waals surface area (Å²) in [7, 11) is 0. The Morgan fingerprint density at radius 3 is 2.60 bits per heavy atom. The van der Waals surface area contributed by atoms with Crippen molar-refractivity contribution in [3.8, 4) is 11.5 Å². The first-order valence-corrected chi connectivity index (χ1v) is 4.43. The van der Waals surface area contributed by atoms with E-state index in [9.17, 15) is 4.79 Å². The molecule has 0 bridgehead atoms. The number of hydrogen-bond acceptors (Lipinski definition) is 4. The highest BCUT2D eigenvalue weighted by Gasteiger charge is 1.96. The van der Waals surface area contributed by atoms with Crippen molar-refractivity contribution >= 4 is 5.97 Å². The highest BCUT2D eigenvalue weighted by molar-refractivity contribution is 5.81. The van der Waals surface area contributed by atoms with Gasteiger partial charge in [0.2, 0.25) is 0 Å². The highest BCUT2D eigenvalue weighted by atomic mass is 16.6. The molecule has 0 aliphatic rings. The summed E-state index contributed by atoms with van der Waals surface area (Å²) in [5.41, 5.74) is 0. The molecule has 4 heteroatoms. The molecule has 1 rings (SSSR count). The molecule has 0 aliphatic heterocycles. The van der Waals surface area contributed by atoms with Gasteiger partial charge in [-0.3, -0.25) is 0 Å². The van der Waals surface area contributed by atoms with Crippen LogP contribution in [0.15, 0.2) is 36.9 Å². The molecule has 0 saturated carbocycles. The number of carbonyl (C=O) groups excluding carboxylic acids is 1. The third-order valence-electron chi connectivity index (χ3n) is 1.60. The monoisotopic (exact) mass is 208 g/mol. The number of benzene rings is 1. The minimum Gasteiger partial charge on any atom is -0.508 e. The van der Waals surface area contributed by atoms with Gasteiger partial charge in [0.1, 0.15) is 24.7 Å². The van der Waals surface area contributed by atoms with Crippen LogP contribution < -0.4 is 4.74 Å². The Hall–Kier alpha value is -1.97. The summed E-state index contributed by atoms with van der Waals surface area (Å²) in [6.07, 6.45) is 1.10. The van der Waals surface area contributed by atoms with Crippen LogP contribution in [-0.2, 0) is 9.53 Å². The highest BCUT2D eigenvalue weighted by Crippen LogP contribution is 2.15. The van der Waals surface area contributed by atoms with Crippen molar-refractivity contribution in [2.75, 3.05) is 13.2 Å². The molecule has 0 radical (unpaired) electrons. The minimum atomic E-state index is -0.468. The number of carbonyl (C=O) groups is 1. The zero-order valence-electron chi connectivity index (χ0n) is 8.18. The summed E-state index contributed by atoms with van der Waals surface area (Å²) >= 11 is 0. The number of hydrogen-bond donors (Lipinski definition) is 1. The van der Waals surface area contributed by atoms with Crippen LogP contribution in [0, 0.1) is 0 Å². The van der Waals surface area contributed by atoms with E-state index in [0.717, 1.165) is 6.08 Å². The summed E-state index contributed by atoms with van der Waals surface area (Å²) in [5.74, 6) is 0.326. The SMILES string of the molecule is C=CC(=O)OCCOc1ccc(O)cc1. The van der Waals surface area contributed by atoms with Gasteiger partial charge in [-0.2, -0.15) is 0 Å². The van der Waals surface area contributed by atoms with Crippen LogP contribution in [0.25, 0.3) is 0 Å². The molecule has 0 heterocycles. The number of phenols is 1. The lowest BCUT2D eigenvalue weighted by Crippen LogP contribution is -2.09. The molecule has 4 nitrogen and oxygen atoms in total. The van der Waals surface area contributed by atoms with E-state index < -0.39 is 5.97 Å². The van der Waals surface area contributed by atoms with Gasteiger partial charge in [0.05, 0.1) is 0 Å². The van der Waals surface area contributed by atoms with Gasteiger partial charge in [0.15, 0.2) is 0 Å². The Labute approximate surface area is 87.7 Å². The third kappa shape index (κ3) is 4.17. The Morgan fingerprint density at radius 2 is 2.00 bits per heavy atom. The summed E-state index contributed by atoms with van der Waals surface area (Å²) in [6.45, 7) is 3.70. The zero-order chi connectivity index (χ0) is 11.1. The second kappa shape index (κ2) is 5.70. The molecule has 0 atom stereocenters. The lowest BCUT2D eigenvalue weighted by atomic mass is 10.3. The zero-order valence-corrected chi connectivity index (χ0v) is 8.18. The fraction of sp³-hybridized carbons (Fsp3) is 0.182. The summed E-state index contributed by atoms with van der Waals surface area (Å²) < 4.78 is 9.94. The maximum Gasteiger partial charge on any atom is 0.330 e. The van der Waals surface area contributed by atoms with Gasteiger partial charge in [0.25, 0.3) is 0 Å². The average molecular weight is 208 g/mol. The lowest BCUT2D eigenvalue weighted by molar-refractivity contribution is -0.138. The fourth-order valence-corrected chi connectivity index (χ4v) is 0.903. The molecule has 1 aromatic rings. The molecule has 1 N–H and O–H groups in total. The van der Waals surface area contributed by atoms with Gasteiger partial charge in [-0.15, -0.1) is 0 Å². The van der Waals surface area contributed by atoms with Crippen LogP contribution in [0.4, 0.5) is 0 Å². The van der Waals surface area contributed by atoms with E-state index in [0.29, 0.717) is 5.75 Å². The van der Waals surface area contributed by atoms with Crippen molar-refractivity contribution < 1.29 is 19.4 Å². The van der Waals surface area contributed by atoms with E-state index in [1.54, 1.807) is 12.1 Å². The largest absolute Gasteiger partial charge is 0.508 e. The number of aromatic hydroxyl groups is 1. The van der Waals surface area contributed by atoms with E-state index in [-0.39, 0.29) is 19.0 Å². The fourth-order valence-electron chi connectivity index (χ4n) is 0.903. The standard InChI is InChI=1S/C11H12O4/c1-2-11(13)15-8-7-14-10-5-3-9(12)4-6-10/h2-6,12H,1,7-8H2. The second-order valence-electron chi connectivity index (χ2n) is 2.71. The quantitative estimate of drug-likeness (QED) is 0.452. The normalized spacial score (nSPS) is 9.33.